The first kappa shape index (κ1) is 20.7. The summed E-state index contributed by atoms with van der Waals surface area (Å²) in [6.45, 7) is 2.08. The van der Waals surface area contributed by atoms with Crippen molar-refractivity contribution in [2.24, 2.45) is 5.92 Å². The first-order valence-corrected chi connectivity index (χ1v) is 10.2. The van der Waals surface area contributed by atoms with E-state index in [9.17, 15) is 13.6 Å². The Morgan fingerprint density at radius 2 is 1.82 bits per heavy atom. The fraction of sp³-hybridized carbons (Fsp3) is 0.455. The van der Waals surface area contributed by atoms with Gasteiger partial charge in [0.1, 0.15) is 5.69 Å². The molecule has 3 rings (SSSR count). The number of aromatic nitrogens is 1. The minimum atomic E-state index is -2.54. The molecule has 0 radical (unpaired) electrons. The van der Waals surface area contributed by atoms with Crippen molar-refractivity contribution in [3.05, 3.63) is 64.4 Å². The maximum Gasteiger partial charge on any atom is 0.280 e. The summed E-state index contributed by atoms with van der Waals surface area (Å²) in [5, 5.41) is 3.76. The molecular weight excluding hydrogens is 382 g/mol. The van der Waals surface area contributed by atoms with Gasteiger partial charge in [-0.05, 0) is 74.4 Å². The zero-order valence-corrected chi connectivity index (χ0v) is 16.6. The Kier molecular flexibility index (Phi) is 7.00. The van der Waals surface area contributed by atoms with Crippen LogP contribution in [0.1, 0.15) is 73.1 Å². The number of carbonyl (C=O) groups is 1. The summed E-state index contributed by atoms with van der Waals surface area (Å²) < 4.78 is 25.8. The fourth-order valence-electron chi connectivity index (χ4n) is 4.04. The number of carbonyl (C=O) groups excluding carboxylic acids is 1. The van der Waals surface area contributed by atoms with Crippen LogP contribution in [0.5, 0.6) is 0 Å². The van der Waals surface area contributed by atoms with E-state index in [-0.39, 0.29) is 23.6 Å². The Labute approximate surface area is 169 Å². The number of hydrogen-bond acceptors (Lipinski definition) is 2. The number of alkyl halides is 2. The first-order chi connectivity index (χ1) is 13.5. The number of halogens is 3. The molecule has 1 fully saturated rings. The van der Waals surface area contributed by atoms with Crippen LogP contribution in [0.3, 0.4) is 0 Å². The summed E-state index contributed by atoms with van der Waals surface area (Å²) in [5.41, 5.74) is 1.21. The summed E-state index contributed by atoms with van der Waals surface area (Å²) in [6.07, 6.45) is 2.02. The highest BCUT2D eigenvalue weighted by molar-refractivity contribution is 6.30. The molecule has 1 aliphatic carbocycles. The van der Waals surface area contributed by atoms with Gasteiger partial charge in [-0.25, -0.2) is 8.78 Å². The second kappa shape index (κ2) is 9.46. The van der Waals surface area contributed by atoms with Gasteiger partial charge in [-0.3, -0.25) is 9.78 Å². The van der Waals surface area contributed by atoms with E-state index >= 15 is 0 Å². The van der Waals surface area contributed by atoms with E-state index in [0.717, 1.165) is 37.8 Å². The monoisotopic (exact) mass is 406 g/mol. The van der Waals surface area contributed by atoms with E-state index in [1.165, 1.54) is 6.07 Å². The number of hydrogen-bond donors (Lipinski definition) is 1. The van der Waals surface area contributed by atoms with Crippen molar-refractivity contribution in [3.63, 3.8) is 0 Å². The van der Waals surface area contributed by atoms with Crippen LogP contribution < -0.4 is 5.32 Å². The minimum absolute atomic E-state index is 0.0862. The molecule has 1 aromatic carbocycles. The van der Waals surface area contributed by atoms with Crippen LogP contribution in [0.15, 0.2) is 42.5 Å². The Balaban J connectivity index is 1.58. The highest BCUT2D eigenvalue weighted by Gasteiger charge is 2.29. The van der Waals surface area contributed by atoms with Gasteiger partial charge >= 0.3 is 0 Å². The van der Waals surface area contributed by atoms with Crippen molar-refractivity contribution < 1.29 is 13.6 Å². The van der Waals surface area contributed by atoms with Crippen molar-refractivity contribution in [2.45, 2.75) is 57.4 Å². The molecule has 1 heterocycles. The lowest BCUT2D eigenvalue weighted by molar-refractivity contribution is 0.0909. The third-order valence-corrected chi connectivity index (χ3v) is 5.89. The molecule has 1 aromatic heterocycles. The number of pyridine rings is 1. The quantitative estimate of drug-likeness (QED) is 0.624. The summed E-state index contributed by atoms with van der Waals surface area (Å²) in [6, 6.07) is 11.9. The molecule has 1 N–H and O–H groups in total. The number of nitrogens with one attached hydrogen (secondary N) is 1. The van der Waals surface area contributed by atoms with Gasteiger partial charge in [0.25, 0.3) is 12.3 Å². The Morgan fingerprint density at radius 1 is 1.14 bits per heavy atom. The molecule has 1 saturated carbocycles. The standard InChI is InChI=1S/C22H25ClF2N2O/c1-2-18(27-22(28)16-10-12-17(23)13-11-16)14-6-8-15(9-7-14)19-4-3-5-20(26-19)21(24)25/h3-5,10-15,18,21H,2,6-9H2,1H3,(H,27,28)/t14-,15+,18-/m1/s1. The van der Waals surface area contributed by atoms with Gasteiger partial charge < -0.3 is 5.32 Å². The molecule has 150 valence electrons. The molecule has 0 spiro atoms. The van der Waals surface area contributed by atoms with Crippen molar-refractivity contribution in [3.8, 4) is 0 Å². The van der Waals surface area contributed by atoms with Crippen LogP contribution in [-0.4, -0.2) is 16.9 Å². The summed E-state index contributed by atoms with van der Waals surface area (Å²) in [7, 11) is 0. The molecule has 1 amide bonds. The van der Waals surface area contributed by atoms with E-state index in [1.807, 2.05) is 6.07 Å². The van der Waals surface area contributed by atoms with E-state index in [0.29, 0.717) is 16.5 Å². The number of benzene rings is 1. The van der Waals surface area contributed by atoms with E-state index in [4.69, 9.17) is 11.6 Å². The lowest BCUT2D eigenvalue weighted by atomic mass is 9.76. The predicted octanol–water partition coefficient (Wildman–Crippen LogP) is 6.16. The van der Waals surface area contributed by atoms with Gasteiger partial charge in [0.15, 0.2) is 0 Å². The molecule has 28 heavy (non-hydrogen) atoms. The third-order valence-electron chi connectivity index (χ3n) is 5.64. The van der Waals surface area contributed by atoms with Crippen molar-refractivity contribution >= 4 is 17.5 Å². The SMILES string of the molecule is CC[C@@H](NC(=O)c1ccc(Cl)cc1)[C@H]1CC[C@@H](c2cccc(C(F)F)n2)CC1. The van der Waals surface area contributed by atoms with Crippen LogP contribution in [0, 0.1) is 5.92 Å². The topological polar surface area (TPSA) is 42.0 Å². The van der Waals surface area contributed by atoms with E-state index < -0.39 is 6.43 Å². The van der Waals surface area contributed by atoms with Crippen molar-refractivity contribution in [2.75, 3.05) is 0 Å². The highest BCUT2D eigenvalue weighted by atomic mass is 35.5. The van der Waals surface area contributed by atoms with E-state index in [2.05, 4.69) is 17.2 Å². The van der Waals surface area contributed by atoms with E-state index in [1.54, 1.807) is 30.3 Å². The Bertz CT molecular complexity index is 789. The molecule has 1 aliphatic rings. The number of amides is 1. The van der Waals surface area contributed by atoms with Gasteiger partial charge in [0.2, 0.25) is 0 Å². The molecule has 6 heteroatoms. The molecule has 3 nitrogen and oxygen atoms in total. The van der Waals surface area contributed by atoms with Crippen LogP contribution in [0.2, 0.25) is 5.02 Å². The average Bonchev–Trinajstić information content (AvgIpc) is 2.72. The molecule has 0 aliphatic heterocycles. The zero-order chi connectivity index (χ0) is 20.1. The Hall–Kier alpha value is -2.01. The van der Waals surface area contributed by atoms with Gasteiger partial charge in [-0.15, -0.1) is 0 Å². The summed E-state index contributed by atoms with van der Waals surface area (Å²) in [5.74, 6) is 0.507. The van der Waals surface area contributed by atoms with Gasteiger partial charge in [-0.1, -0.05) is 24.6 Å². The van der Waals surface area contributed by atoms with Gasteiger partial charge in [0.05, 0.1) is 0 Å². The van der Waals surface area contributed by atoms with Crippen molar-refractivity contribution in [1.82, 2.24) is 10.3 Å². The van der Waals surface area contributed by atoms with Crippen LogP contribution in [0.4, 0.5) is 8.78 Å². The number of rotatable bonds is 6. The summed E-state index contributed by atoms with van der Waals surface area (Å²) >= 11 is 5.88. The molecule has 0 bridgehead atoms. The smallest absolute Gasteiger partial charge is 0.280 e. The van der Waals surface area contributed by atoms with Crippen LogP contribution in [-0.2, 0) is 0 Å². The molecule has 1 atom stereocenters. The largest absolute Gasteiger partial charge is 0.349 e. The average molecular weight is 407 g/mol. The second-order valence-corrected chi connectivity index (χ2v) is 7.83. The predicted molar refractivity (Wildman–Crippen MR) is 107 cm³/mol. The van der Waals surface area contributed by atoms with Gasteiger partial charge in [0, 0.05) is 28.2 Å². The molecule has 0 saturated heterocycles. The second-order valence-electron chi connectivity index (χ2n) is 7.39. The van der Waals surface area contributed by atoms with Crippen molar-refractivity contribution in [1.29, 1.82) is 0 Å². The fourth-order valence-corrected chi connectivity index (χ4v) is 4.17. The third kappa shape index (κ3) is 5.07. The number of nitrogens with zero attached hydrogens (tertiary/aromatic N) is 1. The molecule has 0 unspecified atom stereocenters. The molecular formula is C22H25ClF2N2O. The maximum atomic E-state index is 12.9. The molecule has 2 aromatic rings. The van der Waals surface area contributed by atoms with Crippen LogP contribution >= 0.6 is 11.6 Å². The Morgan fingerprint density at radius 3 is 2.43 bits per heavy atom. The summed E-state index contributed by atoms with van der Waals surface area (Å²) in [4.78, 5) is 16.7. The lowest BCUT2D eigenvalue weighted by Gasteiger charge is -2.34. The lowest BCUT2D eigenvalue weighted by Crippen LogP contribution is -2.41. The minimum Gasteiger partial charge on any atom is -0.349 e. The zero-order valence-electron chi connectivity index (χ0n) is 15.9. The normalized spacial score (nSPS) is 20.8. The van der Waals surface area contributed by atoms with Crippen LogP contribution in [0.25, 0.3) is 0 Å². The highest BCUT2D eigenvalue weighted by Crippen LogP contribution is 2.37. The first-order valence-electron chi connectivity index (χ1n) is 9.79. The van der Waals surface area contributed by atoms with Gasteiger partial charge in [-0.2, -0.15) is 0 Å². The maximum absolute atomic E-state index is 12.9.